The number of nitrogens with zero attached hydrogens (tertiary/aromatic N) is 1. The maximum absolute atomic E-state index is 5.88. The minimum atomic E-state index is 0.829. The van der Waals surface area contributed by atoms with E-state index in [-0.39, 0.29) is 0 Å². The second-order valence-corrected chi connectivity index (χ2v) is 5.78. The van der Waals surface area contributed by atoms with Crippen LogP contribution in [0.15, 0.2) is 42.5 Å². The highest BCUT2D eigenvalue weighted by molar-refractivity contribution is 14.1. The van der Waals surface area contributed by atoms with Crippen LogP contribution in [0.3, 0.4) is 0 Å². The lowest BCUT2D eigenvalue weighted by molar-refractivity contribution is 0.917. The second-order valence-electron chi connectivity index (χ2n) is 4.54. The Hall–Kier alpha value is -1.23. The molecule has 2 rings (SSSR count). The van der Waals surface area contributed by atoms with E-state index in [1.807, 2.05) is 12.1 Å². The van der Waals surface area contributed by atoms with Crippen LogP contribution in [-0.2, 0) is 6.54 Å². The molecule has 0 radical (unpaired) electrons. The summed E-state index contributed by atoms with van der Waals surface area (Å²) in [6.45, 7) is 3.00. The van der Waals surface area contributed by atoms with Gasteiger partial charge in [0.2, 0.25) is 0 Å². The van der Waals surface area contributed by atoms with E-state index in [0.29, 0.717) is 0 Å². The topological polar surface area (TPSA) is 29.3 Å². The quantitative estimate of drug-likeness (QED) is 0.672. The van der Waals surface area contributed by atoms with Crippen molar-refractivity contribution in [1.29, 1.82) is 0 Å². The van der Waals surface area contributed by atoms with Crippen LogP contribution in [0.25, 0.3) is 0 Å². The van der Waals surface area contributed by atoms with Crippen LogP contribution in [0.5, 0.6) is 0 Å². The molecule has 0 amide bonds. The highest BCUT2D eigenvalue weighted by Gasteiger charge is 2.05. The molecule has 0 spiro atoms. The number of nitrogen functional groups attached to an aromatic ring is 1. The summed E-state index contributed by atoms with van der Waals surface area (Å²) in [5, 5.41) is 0. The van der Waals surface area contributed by atoms with Gasteiger partial charge in [-0.25, -0.2) is 0 Å². The van der Waals surface area contributed by atoms with E-state index in [1.165, 1.54) is 20.4 Å². The van der Waals surface area contributed by atoms with Crippen LogP contribution >= 0.6 is 22.6 Å². The minimum Gasteiger partial charge on any atom is -0.399 e. The molecule has 0 fully saturated rings. The van der Waals surface area contributed by atoms with Crippen molar-refractivity contribution in [1.82, 2.24) is 0 Å². The average molecular weight is 352 g/mol. The van der Waals surface area contributed by atoms with Gasteiger partial charge in [-0.3, -0.25) is 0 Å². The first-order valence-electron chi connectivity index (χ1n) is 5.88. The predicted molar refractivity (Wildman–Crippen MR) is 86.9 cm³/mol. The third kappa shape index (κ3) is 3.16. The molecule has 0 heterocycles. The molecule has 94 valence electrons. The smallest absolute Gasteiger partial charge is 0.0427 e. The molecule has 0 aliphatic rings. The zero-order chi connectivity index (χ0) is 13.1. The molecule has 2 nitrogen and oxygen atoms in total. The molecule has 3 heteroatoms. The number of hydrogen-bond donors (Lipinski definition) is 1. The Morgan fingerprint density at radius 1 is 1.17 bits per heavy atom. The number of rotatable bonds is 3. The number of anilines is 2. The van der Waals surface area contributed by atoms with Crippen molar-refractivity contribution in [3.05, 3.63) is 57.2 Å². The molecular formula is C15H17IN2. The maximum atomic E-state index is 5.88. The lowest BCUT2D eigenvalue weighted by Gasteiger charge is -2.21. The molecule has 2 aromatic carbocycles. The van der Waals surface area contributed by atoms with Gasteiger partial charge in [0.1, 0.15) is 0 Å². The van der Waals surface area contributed by atoms with Gasteiger partial charge < -0.3 is 10.6 Å². The summed E-state index contributed by atoms with van der Waals surface area (Å²) < 4.78 is 1.18. The number of aryl methyl sites for hydroxylation is 1. The van der Waals surface area contributed by atoms with Gasteiger partial charge in [-0.2, -0.15) is 0 Å². The van der Waals surface area contributed by atoms with Gasteiger partial charge in [0.15, 0.2) is 0 Å². The molecule has 0 unspecified atom stereocenters. The van der Waals surface area contributed by atoms with E-state index in [4.69, 9.17) is 5.73 Å². The molecule has 2 N–H and O–H groups in total. The number of nitrogens with two attached hydrogens (primary N) is 1. The molecule has 0 aliphatic carbocycles. The third-order valence-corrected chi connectivity index (χ3v) is 3.55. The number of para-hydroxylation sites is 1. The summed E-state index contributed by atoms with van der Waals surface area (Å²) >= 11 is 2.30. The Balaban J connectivity index is 2.21. The summed E-state index contributed by atoms with van der Waals surface area (Å²) in [5.74, 6) is 0. The fraction of sp³-hybridized carbons (Fsp3) is 0.200. The normalized spacial score (nSPS) is 10.4. The Kier molecular flexibility index (Phi) is 4.11. The Labute approximate surface area is 122 Å². The summed E-state index contributed by atoms with van der Waals surface area (Å²) in [6, 6.07) is 14.6. The monoisotopic (exact) mass is 352 g/mol. The zero-order valence-corrected chi connectivity index (χ0v) is 12.8. The largest absolute Gasteiger partial charge is 0.399 e. The fourth-order valence-electron chi connectivity index (χ4n) is 2.12. The summed E-state index contributed by atoms with van der Waals surface area (Å²) in [6.07, 6.45) is 0. The molecule has 0 bridgehead atoms. The van der Waals surface area contributed by atoms with Crippen molar-refractivity contribution in [2.75, 3.05) is 17.7 Å². The number of hydrogen-bond acceptors (Lipinski definition) is 2. The highest BCUT2D eigenvalue weighted by Crippen LogP contribution is 2.21. The third-order valence-electron chi connectivity index (χ3n) is 2.93. The van der Waals surface area contributed by atoms with Crippen molar-refractivity contribution in [2.45, 2.75) is 13.5 Å². The van der Waals surface area contributed by atoms with E-state index in [0.717, 1.165) is 12.2 Å². The first kappa shape index (κ1) is 13.2. The molecule has 0 aromatic heterocycles. The zero-order valence-electron chi connectivity index (χ0n) is 10.7. The van der Waals surface area contributed by atoms with E-state index in [2.05, 4.69) is 71.8 Å². The van der Waals surface area contributed by atoms with Crippen LogP contribution < -0.4 is 10.6 Å². The predicted octanol–water partition coefficient (Wildman–Crippen LogP) is 3.82. The lowest BCUT2D eigenvalue weighted by Crippen LogP contribution is -2.17. The number of halogens is 1. The van der Waals surface area contributed by atoms with Gasteiger partial charge in [-0.05, 0) is 64.9 Å². The lowest BCUT2D eigenvalue weighted by atomic mass is 10.1. The van der Waals surface area contributed by atoms with Crippen molar-refractivity contribution in [2.24, 2.45) is 0 Å². The van der Waals surface area contributed by atoms with Crippen LogP contribution in [0.4, 0.5) is 11.4 Å². The van der Waals surface area contributed by atoms with E-state index < -0.39 is 0 Å². The fourth-order valence-corrected chi connectivity index (χ4v) is 2.88. The minimum absolute atomic E-state index is 0.829. The van der Waals surface area contributed by atoms with E-state index in [1.54, 1.807) is 0 Å². The SMILES string of the molecule is Cc1ccccc1N(C)Cc1cc(N)cc(I)c1. The van der Waals surface area contributed by atoms with Gasteiger partial charge in [-0.1, -0.05) is 18.2 Å². The molecule has 0 saturated carbocycles. The van der Waals surface area contributed by atoms with E-state index in [9.17, 15) is 0 Å². The van der Waals surface area contributed by atoms with Gasteiger partial charge in [0.25, 0.3) is 0 Å². The van der Waals surface area contributed by atoms with Crippen LogP contribution in [-0.4, -0.2) is 7.05 Å². The Bertz CT molecular complexity index is 532. The van der Waals surface area contributed by atoms with Crippen molar-refractivity contribution in [3.8, 4) is 0 Å². The molecular weight excluding hydrogens is 335 g/mol. The average Bonchev–Trinajstić information content (AvgIpc) is 2.27. The van der Waals surface area contributed by atoms with Gasteiger partial charge in [0, 0.05) is 28.5 Å². The van der Waals surface area contributed by atoms with Gasteiger partial charge in [0.05, 0.1) is 0 Å². The number of benzene rings is 2. The molecule has 2 aromatic rings. The molecule has 0 atom stereocenters. The van der Waals surface area contributed by atoms with Crippen molar-refractivity contribution < 1.29 is 0 Å². The van der Waals surface area contributed by atoms with Crippen LogP contribution in [0.2, 0.25) is 0 Å². The van der Waals surface area contributed by atoms with Crippen LogP contribution in [0, 0.1) is 10.5 Å². The second kappa shape index (κ2) is 5.61. The van der Waals surface area contributed by atoms with Gasteiger partial charge in [-0.15, -0.1) is 0 Å². The first-order valence-corrected chi connectivity index (χ1v) is 6.96. The van der Waals surface area contributed by atoms with Crippen molar-refractivity contribution in [3.63, 3.8) is 0 Å². The van der Waals surface area contributed by atoms with Gasteiger partial charge >= 0.3 is 0 Å². The van der Waals surface area contributed by atoms with E-state index >= 15 is 0 Å². The molecule has 18 heavy (non-hydrogen) atoms. The summed E-state index contributed by atoms with van der Waals surface area (Å²) in [4.78, 5) is 2.25. The first-order chi connectivity index (χ1) is 8.56. The maximum Gasteiger partial charge on any atom is 0.0427 e. The van der Waals surface area contributed by atoms with Crippen LogP contribution in [0.1, 0.15) is 11.1 Å². The Morgan fingerprint density at radius 3 is 2.56 bits per heavy atom. The highest BCUT2D eigenvalue weighted by atomic mass is 127. The molecule has 0 aliphatic heterocycles. The van der Waals surface area contributed by atoms with Crippen molar-refractivity contribution >= 4 is 34.0 Å². The summed E-state index contributed by atoms with van der Waals surface area (Å²) in [7, 11) is 2.11. The summed E-state index contributed by atoms with van der Waals surface area (Å²) in [5.41, 5.74) is 10.5. The Morgan fingerprint density at radius 2 is 1.89 bits per heavy atom. The molecule has 0 saturated heterocycles. The standard InChI is InChI=1S/C15H17IN2/c1-11-5-3-4-6-15(11)18(2)10-12-7-13(16)9-14(17)8-12/h3-9H,10,17H2,1-2H3.